The molecule has 2 heterocycles. The van der Waals surface area contributed by atoms with Crippen molar-refractivity contribution >= 4 is 75.8 Å². The summed E-state index contributed by atoms with van der Waals surface area (Å²) in [5.74, 6) is -8.74. The third kappa shape index (κ3) is 5.45. The van der Waals surface area contributed by atoms with Crippen molar-refractivity contribution in [2.45, 2.75) is 24.2 Å². The van der Waals surface area contributed by atoms with E-state index in [-0.39, 0.29) is 40.0 Å². The zero-order valence-electron chi connectivity index (χ0n) is 28.7. The summed E-state index contributed by atoms with van der Waals surface area (Å²) in [5.41, 5.74) is 2.57. The summed E-state index contributed by atoms with van der Waals surface area (Å²) in [6.07, 6.45) is 1.90. The van der Waals surface area contributed by atoms with Gasteiger partial charge in [0.25, 0.3) is 11.8 Å². The van der Waals surface area contributed by atoms with Gasteiger partial charge in [-0.25, -0.2) is 9.69 Å². The number of hydrazine groups is 1. The van der Waals surface area contributed by atoms with E-state index in [9.17, 15) is 34.5 Å². The number of methoxy groups -OCH3 is 1. The van der Waals surface area contributed by atoms with Gasteiger partial charge >= 0.3 is 5.97 Å². The predicted octanol–water partition coefficient (Wildman–Crippen LogP) is 6.95. The molecule has 4 amide bonds. The highest BCUT2D eigenvalue weighted by Crippen LogP contribution is 2.65. The minimum Gasteiger partial charge on any atom is -0.508 e. The number of hydrogen-bond donors (Lipinski definition) is 4. The number of carboxylic acid groups (broad SMARTS) is 1. The Hall–Kier alpha value is -5.56. The molecule has 3 fully saturated rings. The minimum atomic E-state index is -1.67. The molecular weight excluding hydrogens is 773 g/mol. The van der Waals surface area contributed by atoms with E-state index >= 15 is 4.79 Å². The number of nitrogens with one attached hydrogen (secondary N) is 1. The first kappa shape index (κ1) is 36.4. The lowest BCUT2D eigenvalue weighted by atomic mass is 9.49. The van der Waals surface area contributed by atoms with Gasteiger partial charge in [0.05, 0.1) is 46.7 Å². The zero-order valence-corrected chi connectivity index (χ0v) is 31.0. The molecule has 4 aromatic rings. The van der Waals surface area contributed by atoms with Crippen LogP contribution >= 0.6 is 34.8 Å². The fourth-order valence-corrected chi connectivity index (χ4v) is 9.77. The summed E-state index contributed by atoms with van der Waals surface area (Å²) in [6, 6.07) is 19.1. The molecule has 1 saturated carbocycles. The van der Waals surface area contributed by atoms with E-state index in [2.05, 4.69) is 5.43 Å². The second kappa shape index (κ2) is 13.3. The Morgan fingerprint density at radius 2 is 1.60 bits per heavy atom. The molecular formula is C40H30Cl3N3O9. The summed E-state index contributed by atoms with van der Waals surface area (Å²) in [4.78, 5) is 71.4. The number of carbonyl (C=O) groups excluding carboxylic acids is 4. The number of carboxylic acids is 1. The molecule has 0 aromatic heterocycles. The first-order valence-electron chi connectivity index (χ1n) is 17.1. The van der Waals surface area contributed by atoms with Crippen molar-refractivity contribution in [1.29, 1.82) is 0 Å². The van der Waals surface area contributed by atoms with E-state index in [1.807, 2.05) is 6.08 Å². The molecule has 15 heteroatoms. The zero-order chi connectivity index (χ0) is 39.1. The van der Waals surface area contributed by atoms with Gasteiger partial charge in [-0.15, -0.1) is 0 Å². The average Bonchev–Trinajstić information content (AvgIpc) is 3.53. The third-order valence-electron chi connectivity index (χ3n) is 11.3. The van der Waals surface area contributed by atoms with Crippen LogP contribution in [0.1, 0.15) is 40.2 Å². The number of phenolic OH excluding ortho intramolecular Hbond substituents is 1. The number of fused-ring (bicyclic) bond motifs is 4. The Kier molecular flexibility index (Phi) is 8.83. The molecule has 280 valence electrons. The fraction of sp³-hybridized carbons (Fsp3) is 0.225. The molecule has 6 unspecified atom stereocenters. The van der Waals surface area contributed by atoms with Gasteiger partial charge in [-0.05, 0) is 84.5 Å². The SMILES string of the molecule is COc1ccc(C23C(=O)N(Nc4ccc(Cl)cc4Cl)C(=O)C2CC2C(=CCC4C(=O)N(c5ccc(C(=O)O)c(O)c5)C(=O)C42)C3c2ccc(O)cc2Cl)cc1. The van der Waals surface area contributed by atoms with Gasteiger partial charge in [0, 0.05) is 22.0 Å². The summed E-state index contributed by atoms with van der Waals surface area (Å²) in [5, 5.41) is 31.8. The number of allylic oxidation sites excluding steroid dienone is 2. The highest BCUT2D eigenvalue weighted by atomic mass is 35.5. The molecule has 2 aliphatic carbocycles. The largest absolute Gasteiger partial charge is 0.508 e. The van der Waals surface area contributed by atoms with Crippen molar-refractivity contribution in [3.8, 4) is 17.2 Å². The number of amides is 4. The van der Waals surface area contributed by atoms with Crippen molar-refractivity contribution in [2.24, 2.45) is 23.7 Å². The van der Waals surface area contributed by atoms with Crippen molar-refractivity contribution in [3.05, 3.63) is 122 Å². The van der Waals surface area contributed by atoms with Crippen molar-refractivity contribution in [1.82, 2.24) is 5.01 Å². The first-order valence-corrected chi connectivity index (χ1v) is 18.3. The maximum absolute atomic E-state index is 15.4. The summed E-state index contributed by atoms with van der Waals surface area (Å²) in [7, 11) is 1.50. The number of imide groups is 2. The van der Waals surface area contributed by atoms with E-state index < -0.39 is 75.9 Å². The normalized spacial score (nSPS) is 25.7. The number of ether oxygens (including phenoxy) is 1. The molecule has 0 bridgehead atoms. The number of hydrogen-bond acceptors (Lipinski definition) is 9. The number of nitrogens with zero attached hydrogens (tertiary/aromatic N) is 2. The van der Waals surface area contributed by atoms with E-state index in [0.29, 0.717) is 27.5 Å². The van der Waals surface area contributed by atoms with Crippen molar-refractivity contribution in [2.75, 3.05) is 17.4 Å². The van der Waals surface area contributed by atoms with Crippen LogP contribution in [0.2, 0.25) is 15.1 Å². The molecule has 4 aliphatic rings. The molecule has 2 aliphatic heterocycles. The van der Waals surface area contributed by atoms with Gasteiger partial charge in [0.2, 0.25) is 11.8 Å². The Labute approximate surface area is 328 Å². The van der Waals surface area contributed by atoms with E-state index in [4.69, 9.17) is 39.5 Å². The maximum atomic E-state index is 15.4. The van der Waals surface area contributed by atoms with Crippen LogP contribution in [-0.2, 0) is 24.6 Å². The number of halogens is 3. The number of phenols is 2. The Morgan fingerprint density at radius 3 is 2.25 bits per heavy atom. The topological polar surface area (TPSA) is 174 Å². The lowest BCUT2D eigenvalue weighted by Crippen LogP contribution is -2.53. The van der Waals surface area contributed by atoms with Crippen LogP contribution in [0.15, 0.2) is 90.5 Å². The lowest BCUT2D eigenvalue weighted by Gasteiger charge is -2.50. The second-order valence-electron chi connectivity index (χ2n) is 13.9. The highest BCUT2D eigenvalue weighted by Gasteiger charge is 2.70. The van der Waals surface area contributed by atoms with Crippen LogP contribution in [0.3, 0.4) is 0 Å². The average molecular weight is 803 g/mol. The van der Waals surface area contributed by atoms with E-state index in [0.717, 1.165) is 22.0 Å². The second-order valence-corrected chi connectivity index (χ2v) is 15.2. The van der Waals surface area contributed by atoms with Crippen LogP contribution in [0, 0.1) is 23.7 Å². The van der Waals surface area contributed by atoms with Crippen LogP contribution in [-0.4, -0.2) is 57.0 Å². The number of rotatable bonds is 7. The minimum absolute atomic E-state index is 0.00249. The number of aromatic carboxylic acids is 1. The summed E-state index contributed by atoms with van der Waals surface area (Å²) < 4.78 is 5.43. The monoisotopic (exact) mass is 801 g/mol. The molecule has 2 saturated heterocycles. The van der Waals surface area contributed by atoms with E-state index in [1.165, 1.54) is 37.4 Å². The highest BCUT2D eigenvalue weighted by molar-refractivity contribution is 6.36. The van der Waals surface area contributed by atoms with Gasteiger partial charge in [-0.1, -0.05) is 64.7 Å². The van der Waals surface area contributed by atoms with Crippen molar-refractivity contribution in [3.63, 3.8) is 0 Å². The van der Waals surface area contributed by atoms with Gasteiger partial charge in [-0.2, -0.15) is 5.01 Å². The van der Waals surface area contributed by atoms with E-state index in [1.54, 1.807) is 36.4 Å². The fourth-order valence-electron chi connectivity index (χ4n) is 9.03. The Morgan fingerprint density at radius 1 is 0.855 bits per heavy atom. The Balaban J connectivity index is 1.32. The number of carbonyl (C=O) groups is 5. The summed E-state index contributed by atoms with van der Waals surface area (Å²) in [6.45, 7) is 0. The van der Waals surface area contributed by atoms with Gasteiger partial charge < -0.3 is 20.1 Å². The quantitative estimate of drug-likeness (QED) is 0.113. The van der Waals surface area contributed by atoms with Crippen molar-refractivity contribution < 1.29 is 44.0 Å². The molecule has 12 nitrogen and oxygen atoms in total. The van der Waals surface area contributed by atoms with Crippen LogP contribution in [0.5, 0.6) is 17.2 Å². The smallest absolute Gasteiger partial charge is 0.339 e. The molecule has 4 N–H and O–H groups in total. The van der Waals surface area contributed by atoms with Crippen LogP contribution < -0.4 is 15.1 Å². The number of aromatic hydroxyl groups is 2. The van der Waals surface area contributed by atoms with Gasteiger partial charge in [-0.3, -0.25) is 24.6 Å². The molecule has 4 aromatic carbocycles. The van der Waals surface area contributed by atoms with Crippen LogP contribution in [0.25, 0.3) is 0 Å². The molecule has 55 heavy (non-hydrogen) atoms. The standard InChI is InChI=1S/C40H30Cl3N3O9/c1-55-22-7-2-18(3-8-22)40-28(36(50)46(39(40)54)44-31-13-4-19(41)14-30(31)43)17-27-23(34(40)24-10-6-21(47)16-29(24)42)11-12-26-33(27)37(51)45(35(26)49)20-5-9-25(38(52)53)32(48)15-20/h2-11,13-16,26-28,33-34,44,47-48H,12,17H2,1H3,(H,52,53). The maximum Gasteiger partial charge on any atom is 0.339 e. The van der Waals surface area contributed by atoms with Gasteiger partial charge in [0.1, 0.15) is 22.8 Å². The molecule has 0 radical (unpaired) electrons. The molecule has 6 atom stereocenters. The third-order valence-corrected chi connectivity index (χ3v) is 12.2. The predicted molar refractivity (Wildman–Crippen MR) is 201 cm³/mol. The number of anilines is 2. The van der Waals surface area contributed by atoms with Gasteiger partial charge in [0.15, 0.2) is 0 Å². The molecule has 8 rings (SSSR count). The van der Waals surface area contributed by atoms with Crippen LogP contribution in [0.4, 0.5) is 11.4 Å². The number of benzene rings is 4. The lowest BCUT2D eigenvalue weighted by molar-refractivity contribution is -0.138. The summed E-state index contributed by atoms with van der Waals surface area (Å²) >= 11 is 19.6. The Bertz CT molecular complexity index is 2380. The molecule has 0 spiro atoms. The first-order chi connectivity index (χ1) is 26.3.